The molecule has 0 aliphatic heterocycles. The third kappa shape index (κ3) is 7.78. The van der Waals surface area contributed by atoms with Crippen LogP contribution in [-0.4, -0.2) is 42.2 Å². The monoisotopic (exact) mass is 776 g/mol. The summed E-state index contributed by atoms with van der Waals surface area (Å²) in [5, 5.41) is 9.49. The van der Waals surface area contributed by atoms with Crippen molar-refractivity contribution >= 4 is 56.9 Å². The van der Waals surface area contributed by atoms with Crippen LogP contribution < -0.4 is 10.6 Å². The summed E-state index contributed by atoms with van der Waals surface area (Å²) in [6.07, 6.45) is 1.12. The molecule has 0 heterocycles. The smallest absolute Gasteiger partial charge is 0.407 e. The number of alkyl carbamates (subject to hydrolysis) is 1. The number of carbonyl (C=O) groups is 4. The van der Waals surface area contributed by atoms with Crippen molar-refractivity contribution in [2.45, 2.75) is 57.6 Å². The lowest BCUT2D eigenvalue weighted by Gasteiger charge is -2.22. The van der Waals surface area contributed by atoms with Gasteiger partial charge in [-0.3, -0.25) is 9.59 Å². The van der Waals surface area contributed by atoms with Crippen molar-refractivity contribution in [3.63, 3.8) is 0 Å². The summed E-state index contributed by atoms with van der Waals surface area (Å²) < 4.78 is 32.2. The van der Waals surface area contributed by atoms with Crippen LogP contribution in [0.2, 0.25) is 0 Å². The van der Waals surface area contributed by atoms with Crippen LogP contribution in [0.15, 0.2) is 121 Å². The predicted octanol–water partition coefficient (Wildman–Crippen LogP) is 9.85. The minimum Gasteiger partial charge on any atom is -0.460 e. The second-order valence-corrected chi connectivity index (χ2v) is 15.5. The Morgan fingerprint density at radius 1 is 0.776 bits per heavy atom. The Balaban J connectivity index is 0.962. The third-order valence-corrected chi connectivity index (χ3v) is 10.5. The number of halogens is 1. The molecule has 58 heavy (non-hydrogen) atoms. The number of ether oxygens (including phenoxy) is 3. The highest BCUT2D eigenvalue weighted by Gasteiger charge is 2.31. The van der Waals surface area contributed by atoms with Gasteiger partial charge in [0.25, 0.3) is 0 Å². The van der Waals surface area contributed by atoms with Crippen molar-refractivity contribution in [1.82, 2.24) is 5.32 Å². The molecule has 0 bridgehead atoms. The molecule has 0 radical (unpaired) electrons. The first kappa shape index (κ1) is 38.1. The Hall–Kier alpha value is -6.81. The Kier molecular flexibility index (Phi) is 10.3. The van der Waals surface area contributed by atoms with E-state index < -0.39 is 41.4 Å². The first-order valence-corrected chi connectivity index (χ1v) is 19.2. The minimum absolute atomic E-state index is 0.00682. The fraction of sp³-hybridized carbons (Fsp3) is 0.208. The standard InChI is InChI=1S/C48H41FN2O7/c1-48(2,3)58-44(52)25-23-41(51-47(55)56-27-39-33-14-8-6-12-31(33)32-13-7-9-15-34(32)39)45(53)50-42-26-29(17-22-40(42)49)46(54)57-43-24-21-37-36-18-16-28-10-4-5-11-30(28)35(36)19-20-38(37)43/h4-20,22,24,26,39,41H,21,23,25,27H2,1-3H3,(H,50,53)(H,51,55)/t41-/m0/s1. The summed E-state index contributed by atoms with van der Waals surface area (Å²) in [5.74, 6) is -2.81. The summed E-state index contributed by atoms with van der Waals surface area (Å²) in [6.45, 7) is 5.15. The highest BCUT2D eigenvalue weighted by atomic mass is 19.1. The van der Waals surface area contributed by atoms with E-state index >= 15 is 4.39 Å². The van der Waals surface area contributed by atoms with E-state index in [2.05, 4.69) is 34.9 Å². The Morgan fingerprint density at radius 3 is 2.21 bits per heavy atom. The van der Waals surface area contributed by atoms with E-state index in [-0.39, 0.29) is 36.6 Å². The van der Waals surface area contributed by atoms with Gasteiger partial charge in [0.05, 0.1) is 11.3 Å². The molecule has 0 unspecified atom stereocenters. The van der Waals surface area contributed by atoms with Crippen LogP contribution in [0.25, 0.3) is 38.4 Å². The fourth-order valence-electron chi connectivity index (χ4n) is 7.84. The Morgan fingerprint density at radius 2 is 1.47 bits per heavy atom. The SMILES string of the molecule is CC(C)(C)OC(=O)CC[C@H](NC(=O)OCC1c2ccccc2-c2ccccc21)C(=O)Nc1cc(C(=O)OC2=CCc3c2ccc2c3ccc3ccccc32)ccc1F. The third-order valence-electron chi connectivity index (χ3n) is 10.5. The molecule has 2 N–H and O–H groups in total. The molecule has 0 fully saturated rings. The molecule has 10 heteroatoms. The normalized spacial score (nSPS) is 13.6. The van der Waals surface area contributed by atoms with Gasteiger partial charge in [-0.1, -0.05) is 97.1 Å². The van der Waals surface area contributed by atoms with Crippen LogP contribution in [0.1, 0.15) is 72.1 Å². The second kappa shape index (κ2) is 15.6. The number of fused-ring (bicyclic) bond motifs is 8. The number of esters is 2. The fourth-order valence-corrected chi connectivity index (χ4v) is 7.84. The van der Waals surface area contributed by atoms with E-state index in [9.17, 15) is 19.2 Å². The van der Waals surface area contributed by atoms with Gasteiger partial charge in [0.15, 0.2) is 0 Å². The lowest BCUT2D eigenvalue weighted by atomic mass is 9.96. The van der Waals surface area contributed by atoms with E-state index in [0.717, 1.165) is 61.0 Å². The van der Waals surface area contributed by atoms with Gasteiger partial charge in [0.1, 0.15) is 29.8 Å². The van der Waals surface area contributed by atoms with E-state index in [1.807, 2.05) is 78.9 Å². The van der Waals surface area contributed by atoms with Gasteiger partial charge in [0.2, 0.25) is 5.91 Å². The molecule has 1 atom stereocenters. The summed E-state index contributed by atoms with van der Waals surface area (Å²) in [4.78, 5) is 53.2. The predicted molar refractivity (Wildman–Crippen MR) is 221 cm³/mol. The minimum atomic E-state index is -1.33. The van der Waals surface area contributed by atoms with Crippen molar-refractivity contribution in [2.75, 3.05) is 11.9 Å². The molecule has 2 aliphatic rings. The van der Waals surface area contributed by atoms with Gasteiger partial charge < -0.3 is 24.8 Å². The van der Waals surface area contributed by atoms with E-state index in [1.54, 1.807) is 20.8 Å². The molecule has 0 aromatic heterocycles. The first-order valence-electron chi connectivity index (χ1n) is 19.2. The van der Waals surface area contributed by atoms with Crippen LogP contribution in [0.5, 0.6) is 0 Å². The largest absolute Gasteiger partial charge is 0.460 e. The Bertz CT molecular complexity index is 2620. The van der Waals surface area contributed by atoms with E-state index in [4.69, 9.17) is 14.2 Å². The summed E-state index contributed by atoms with van der Waals surface area (Å²) in [7, 11) is 0. The van der Waals surface area contributed by atoms with Crippen LogP contribution in [0.3, 0.4) is 0 Å². The number of benzene rings is 6. The number of hydrogen-bond acceptors (Lipinski definition) is 7. The van der Waals surface area contributed by atoms with Gasteiger partial charge in [-0.25, -0.2) is 14.0 Å². The molecule has 2 amide bonds. The average Bonchev–Trinajstić information content (AvgIpc) is 3.77. The van der Waals surface area contributed by atoms with E-state index in [1.165, 1.54) is 12.1 Å². The summed E-state index contributed by atoms with van der Waals surface area (Å²) in [6, 6.07) is 34.2. The van der Waals surface area contributed by atoms with Crippen LogP contribution in [0.4, 0.5) is 14.9 Å². The van der Waals surface area contributed by atoms with Gasteiger partial charge >= 0.3 is 18.0 Å². The Labute approximate surface area is 334 Å². The highest BCUT2D eigenvalue weighted by molar-refractivity contribution is 6.10. The maximum absolute atomic E-state index is 15.3. The zero-order valence-corrected chi connectivity index (χ0v) is 32.3. The van der Waals surface area contributed by atoms with Crippen molar-refractivity contribution in [3.05, 3.63) is 155 Å². The highest BCUT2D eigenvalue weighted by Crippen LogP contribution is 2.44. The number of amides is 2. The molecule has 9 nitrogen and oxygen atoms in total. The average molecular weight is 777 g/mol. The van der Waals surface area contributed by atoms with Crippen LogP contribution in [-0.2, 0) is 30.2 Å². The molecule has 6 aromatic rings. The number of allylic oxidation sites excluding steroid dienone is 1. The molecular formula is C48H41FN2O7. The molecular weight excluding hydrogens is 736 g/mol. The van der Waals surface area contributed by atoms with Crippen molar-refractivity contribution in [2.24, 2.45) is 0 Å². The van der Waals surface area contributed by atoms with Crippen molar-refractivity contribution in [1.29, 1.82) is 0 Å². The molecule has 292 valence electrons. The zero-order chi connectivity index (χ0) is 40.6. The second-order valence-electron chi connectivity index (χ2n) is 15.5. The van der Waals surface area contributed by atoms with E-state index in [0.29, 0.717) is 12.2 Å². The zero-order valence-electron chi connectivity index (χ0n) is 32.3. The van der Waals surface area contributed by atoms with Crippen molar-refractivity contribution in [3.8, 4) is 11.1 Å². The van der Waals surface area contributed by atoms with Gasteiger partial charge in [-0.05, 0) is 107 Å². The van der Waals surface area contributed by atoms with Gasteiger partial charge in [0, 0.05) is 17.9 Å². The molecule has 8 rings (SSSR count). The summed E-state index contributed by atoms with van der Waals surface area (Å²) in [5.41, 5.74) is 4.89. The van der Waals surface area contributed by atoms with Crippen molar-refractivity contribution < 1.29 is 37.8 Å². The van der Waals surface area contributed by atoms with Crippen LogP contribution in [0, 0.1) is 5.82 Å². The number of nitrogens with one attached hydrogen (secondary N) is 2. The maximum atomic E-state index is 15.3. The molecule has 0 saturated heterocycles. The molecule has 0 spiro atoms. The number of anilines is 1. The molecule has 0 saturated carbocycles. The number of hydrogen-bond donors (Lipinski definition) is 2. The van der Waals surface area contributed by atoms with Gasteiger partial charge in [-0.15, -0.1) is 0 Å². The van der Waals surface area contributed by atoms with Gasteiger partial charge in [-0.2, -0.15) is 0 Å². The summed E-state index contributed by atoms with van der Waals surface area (Å²) >= 11 is 0. The molecule has 6 aromatic carbocycles. The lowest BCUT2D eigenvalue weighted by molar-refractivity contribution is -0.155. The maximum Gasteiger partial charge on any atom is 0.407 e. The molecule has 2 aliphatic carbocycles. The first-order chi connectivity index (χ1) is 27.9. The quantitative estimate of drug-likeness (QED) is 0.0808. The van der Waals surface area contributed by atoms with Crippen LogP contribution >= 0.6 is 0 Å². The topological polar surface area (TPSA) is 120 Å². The number of rotatable bonds is 10. The number of carbonyl (C=O) groups excluding carboxylic acids is 4. The lowest BCUT2D eigenvalue weighted by Crippen LogP contribution is -2.45.